The number of ketones is 1. The van der Waals surface area contributed by atoms with Crippen LogP contribution < -0.4 is 5.32 Å². The fourth-order valence-electron chi connectivity index (χ4n) is 3.74. The molecule has 0 aliphatic carbocycles. The molecule has 2 N–H and O–H groups in total. The Morgan fingerprint density at radius 1 is 1.14 bits per heavy atom. The molecule has 29 heavy (non-hydrogen) atoms. The molecule has 5 nitrogen and oxygen atoms in total. The maximum Gasteiger partial charge on any atom is 0.341 e. The number of para-hydroxylation sites is 1. The van der Waals surface area contributed by atoms with Crippen LogP contribution in [0.3, 0.4) is 0 Å². The number of aromatic nitrogens is 1. The lowest BCUT2D eigenvalue weighted by Crippen LogP contribution is -2.23. The van der Waals surface area contributed by atoms with E-state index in [0.717, 1.165) is 22.0 Å². The molecule has 1 aliphatic heterocycles. The molecule has 0 bridgehead atoms. The molecule has 148 valence electrons. The zero-order chi connectivity index (χ0) is 20.4. The van der Waals surface area contributed by atoms with Gasteiger partial charge in [-0.05, 0) is 24.1 Å². The predicted molar refractivity (Wildman–Crippen MR) is 114 cm³/mol. The third-order valence-corrected chi connectivity index (χ3v) is 5.45. The molecule has 6 heteroatoms. The number of aromatic amines is 1. The number of Topliss-reactive ketones (excluding diaryl/α,β-unsaturated/α-hetero) is 1. The number of H-pyrrole nitrogens is 1. The van der Waals surface area contributed by atoms with Crippen LogP contribution in [0.2, 0.25) is 0 Å². The summed E-state index contributed by atoms with van der Waals surface area (Å²) < 4.78 is 5.23. The Kier molecular flexibility index (Phi) is 5.41. The third-order valence-electron chi connectivity index (χ3n) is 5.14. The first-order chi connectivity index (χ1) is 14.1. The number of rotatable bonds is 5. The van der Waals surface area contributed by atoms with E-state index in [9.17, 15) is 9.59 Å². The summed E-state index contributed by atoms with van der Waals surface area (Å²) in [4.78, 5) is 29.3. The number of carbonyl (C=O) groups is 2. The minimum Gasteiger partial charge on any atom is -0.462 e. The molecule has 1 unspecified atom stereocenters. The van der Waals surface area contributed by atoms with E-state index >= 15 is 0 Å². The number of fused-ring (bicyclic) bond motifs is 3. The SMILES string of the molecule is CCOC(=O)C1=CNCC(C(=O)c2ccc(CCl)cc2)c2c1[nH]c1ccccc21. The Balaban J connectivity index is 1.83. The summed E-state index contributed by atoms with van der Waals surface area (Å²) in [6, 6.07) is 15.1. The Morgan fingerprint density at radius 2 is 1.90 bits per heavy atom. The van der Waals surface area contributed by atoms with Crippen LogP contribution in [0.15, 0.2) is 54.7 Å². The zero-order valence-corrected chi connectivity index (χ0v) is 16.8. The van der Waals surface area contributed by atoms with Crippen LogP contribution in [-0.4, -0.2) is 29.9 Å². The van der Waals surface area contributed by atoms with Crippen LogP contribution in [0.4, 0.5) is 0 Å². The van der Waals surface area contributed by atoms with Gasteiger partial charge in [0.05, 0.1) is 23.8 Å². The second kappa shape index (κ2) is 8.13. The van der Waals surface area contributed by atoms with Crippen molar-refractivity contribution in [2.45, 2.75) is 18.7 Å². The number of hydrogen-bond donors (Lipinski definition) is 2. The van der Waals surface area contributed by atoms with Crippen molar-refractivity contribution >= 4 is 39.8 Å². The summed E-state index contributed by atoms with van der Waals surface area (Å²) in [6.07, 6.45) is 1.64. The summed E-state index contributed by atoms with van der Waals surface area (Å²) in [5.74, 6) is -0.486. The molecule has 3 aromatic rings. The van der Waals surface area contributed by atoms with Crippen LogP contribution in [0, 0.1) is 0 Å². The first kappa shape index (κ1) is 19.3. The van der Waals surface area contributed by atoms with E-state index in [-0.39, 0.29) is 12.4 Å². The Labute approximate surface area is 173 Å². The average molecular weight is 409 g/mol. The minimum absolute atomic E-state index is 0.0110. The van der Waals surface area contributed by atoms with Crippen molar-refractivity contribution < 1.29 is 14.3 Å². The van der Waals surface area contributed by atoms with Crippen LogP contribution >= 0.6 is 11.6 Å². The quantitative estimate of drug-likeness (QED) is 0.373. The molecule has 1 aliphatic rings. The van der Waals surface area contributed by atoms with E-state index in [1.165, 1.54) is 0 Å². The van der Waals surface area contributed by atoms with Crippen molar-refractivity contribution in [1.29, 1.82) is 0 Å². The normalized spacial score (nSPS) is 15.8. The average Bonchev–Trinajstić information content (AvgIpc) is 3.02. The first-order valence-corrected chi connectivity index (χ1v) is 10.1. The Bertz CT molecular complexity index is 1100. The van der Waals surface area contributed by atoms with Gasteiger partial charge in [0.1, 0.15) is 0 Å². The van der Waals surface area contributed by atoms with Crippen molar-refractivity contribution in [3.8, 4) is 0 Å². The van der Waals surface area contributed by atoms with Gasteiger partial charge in [-0.2, -0.15) is 0 Å². The number of hydrogen-bond acceptors (Lipinski definition) is 4. The minimum atomic E-state index is -0.453. The van der Waals surface area contributed by atoms with Gasteiger partial charge in [-0.25, -0.2) is 4.79 Å². The molecule has 0 spiro atoms. The van der Waals surface area contributed by atoms with Crippen molar-refractivity contribution in [2.75, 3.05) is 13.2 Å². The zero-order valence-electron chi connectivity index (χ0n) is 16.0. The summed E-state index contributed by atoms with van der Waals surface area (Å²) in [5, 5.41) is 4.06. The molecular weight excluding hydrogens is 388 g/mol. The van der Waals surface area contributed by atoms with Crippen LogP contribution in [0.1, 0.15) is 40.0 Å². The highest BCUT2D eigenvalue weighted by Gasteiger charge is 2.32. The van der Waals surface area contributed by atoms with Crippen LogP contribution in [0.5, 0.6) is 0 Å². The van der Waals surface area contributed by atoms with Crippen molar-refractivity contribution in [1.82, 2.24) is 10.3 Å². The largest absolute Gasteiger partial charge is 0.462 e. The van der Waals surface area contributed by atoms with E-state index in [0.29, 0.717) is 29.3 Å². The molecule has 0 amide bonds. The number of esters is 1. The lowest BCUT2D eigenvalue weighted by molar-refractivity contribution is -0.136. The molecular formula is C23H21ClN2O3. The van der Waals surface area contributed by atoms with Crippen LogP contribution in [-0.2, 0) is 15.4 Å². The Morgan fingerprint density at radius 3 is 2.62 bits per heavy atom. The molecule has 1 atom stereocenters. The standard InChI is InChI=1S/C23H21ClN2O3/c1-2-29-23(28)18-13-25-12-17(22(27)15-9-7-14(11-24)8-10-15)20-16-5-3-4-6-19(16)26-21(18)20/h3-10,13,17,25-26H,2,11-12H2,1H3. The van der Waals surface area contributed by atoms with E-state index in [2.05, 4.69) is 10.3 Å². The molecule has 2 aromatic carbocycles. The van der Waals surface area contributed by atoms with Gasteiger partial charge >= 0.3 is 5.97 Å². The van der Waals surface area contributed by atoms with E-state index < -0.39 is 11.9 Å². The summed E-state index contributed by atoms with van der Waals surface area (Å²) in [5.41, 5.74) is 4.29. The topological polar surface area (TPSA) is 71.2 Å². The smallest absolute Gasteiger partial charge is 0.341 e. The van der Waals surface area contributed by atoms with Gasteiger partial charge in [0.2, 0.25) is 0 Å². The Hall–Kier alpha value is -3.05. The van der Waals surface area contributed by atoms with Crippen molar-refractivity contribution in [3.63, 3.8) is 0 Å². The van der Waals surface area contributed by atoms with Gasteiger partial charge in [-0.1, -0.05) is 42.5 Å². The van der Waals surface area contributed by atoms with Gasteiger partial charge in [0.15, 0.2) is 5.78 Å². The maximum absolute atomic E-state index is 13.4. The lowest BCUT2D eigenvalue weighted by Gasteiger charge is -2.16. The fraction of sp³-hybridized carbons (Fsp3) is 0.217. The first-order valence-electron chi connectivity index (χ1n) is 9.54. The molecule has 0 saturated carbocycles. The van der Waals surface area contributed by atoms with Crippen molar-refractivity contribution in [2.24, 2.45) is 0 Å². The van der Waals surface area contributed by atoms with Gasteiger partial charge in [0, 0.05) is 35.1 Å². The van der Waals surface area contributed by atoms with Gasteiger partial charge < -0.3 is 15.0 Å². The highest BCUT2D eigenvalue weighted by molar-refractivity contribution is 6.19. The fourth-order valence-corrected chi connectivity index (χ4v) is 3.92. The monoisotopic (exact) mass is 408 g/mol. The maximum atomic E-state index is 13.4. The summed E-state index contributed by atoms with van der Waals surface area (Å²) in [7, 11) is 0. The number of halogens is 1. The molecule has 4 rings (SSSR count). The molecule has 1 aromatic heterocycles. The molecule has 0 saturated heterocycles. The number of benzene rings is 2. The second-order valence-electron chi connectivity index (χ2n) is 6.89. The predicted octanol–water partition coefficient (Wildman–Crippen LogP) is 4.38. The molecule has 0 fully saturated rings. The summed E-state index contributed by atoms with van der Waals surface area (Å²) in [6.45, 7) is 2.43. The third kappa shape index (κ3) is 3.54. The molecule has 2 heterocycles. The number of carbonyl (C=O) groups excluding carboxylic acids is 2. The number of ether oxygens (including phenoxy) is 1. The number of nitrogens with one attached hydrogen (secondary N) is 2. The van der Waals surface area contributed by atoms with Gasteiger partial charge in [-0.15, -0.1) is 11.6 Å². The highest BCUT2D eigenvalue weighted by Crippen LogP contribution is 2.36. The molecule has 0 radical (unpaired) electrons. The summed E-state index contributed by atoms with van der Waals surface area (Å²) >= 11 is 5.87. The van der Waals surface area contributed by atoms with E-state index in [4.69, 9.17) is 16.3 Å². The number of alkyl halides is 1. The lowest BCUT2D eigenvalue weighted by atomic mass is 9.87. The van der Waals surface area contributed by atoms with Crippen LogP contribution in [0.25, 0.3) is 16.5 Å². The second-order valence-corrected chi connectivity index (χ2v) is 7.16. The van der Waals surface area contributed by atoms with Gasteiger partial charge in [-0.3, -0.25) is 4.79 Å². The van der Waals surface area contributed by atoms with E-state index in [1.807, 2.05) is 36.4 Å². The highest BCUT2D eigenvalue weighted by atomic mass is 35.5. The van der Waals surface area contributed by atoms with E-state index in [1.54, 1.807) is 25.3 Å². The van der Waals surface area contributed by atoms with Gasteiger partial charge in [0.25, 0.3) is 0 Å². The van der Waals surface area contributed by atoms with Crippen molar-refractivity contribution in [3.05, 3.63) is 77.1 Å².